The summed E-state index contributed by atoms with van der Waals surface area (Å²) >= 11 is 0. The smallest absolute Gasteiger partial charge is 0.297 e. The van der Waals surface area contributed by atoms with E-state index >= 15 is 0 Å². The number of hydrogen-bond acceptors (Lipinski definition) is 4. The Morgan fingerprint density at radius 2 is 1.89 bits per heavy atom. The average Bonchev–Trinajstić information content (AvgIpc) is 3.02. The summed E-state index contributed by atoms with van der Waals surface area (Å²) in [7, 11) is -2.43. The van der Waals surface area contributed by atoms with Gasteiger partial charge in [0.1, 0.15) is 11.1 Å². The summed E-state index contributed by atoms with van der Waals surface area (Å²) in [6, 6.07) is 9.20. The van der Waals surface area contributed by atoms with Crippen molar-refractivity contribution in [1.29, 1.82) is 0 Å². The number of alkyl halides is 3. The molecule has 28 heavy (non-hydrogen) atoms. The summed E-state index contributed by atoms with van der Waals surface area (Å²) in [5, 5.41) is 0.285. The minimum absolute atomic E-state index is 0.157. The van der Waals surface area contributed by atoms with Gasteiger partial charge in [0.05, 0.1) is 18.2 Å². The van der Waals surface area contributed by atoms with Crippen molar-refractivity contribution in [3.05, 3.63) is 71.0 Å². The van der Waals surface area contributed by atoms with E-state index < -0.39 is 38.9 Å². The molecular formula is C18H18F4N2O3S. The highest BCUT2D eigenvalue weighted by molar-refractivity contribution is 7.90. The minimum atomic E-state index is -4.51. The molecule has 2 aromatic carbocycles. The molecule has 0 saturated carbocycles. The van der Waals surface area contributed by atoms with E-state index in [0.717, 1.165) is 12.1 Å². The lowest BCUT2D eigenvalue weighted by molar-refractivity contribution is -0.137. The number of benzene rings is 2. The quantitative estimate of drug-likeness (QED) is 0.758. The first-order chi connectivity index (χ1) is 13.1. The van der Waals surface area contributed by atoms with Crippen molar-refractivity contribution in [3.63, 3.8) is 0 Å². The molecule has 0 aliphatic carbocycles. The SMILES string of the molecule is CN1OC[C@@H](S(=O)(=O)NCc2cccc(C(F)(F)F)c2)[C@@H]1c1cccc(F)c1. The van der Waals surface area contributed by atoms with Gasteiger partial charge in [-0.25, -0.2) is 17.5 Å². The van der Waals surface area contributed by atoms with Crippen molar-refractivity contribution < 1.29 is 30.8 Å². The Bertz CT molecular complexity index is 950. The van der Waals surface area contributed by atoms with E-state index in [1.54, 1.807) is 6.07 Å². The number of rotatable bonds is 5. The molecule has 152 valence electrons. The Hall–Kier alpha value is -2.01. The number of nitrogens with zero attached hydrogens (tertiary/aromatic N) is 1. The molecule has 5 nitrogen and oxygen atoms in total. The largest absolute Gasteiger partial charge is 0.416 e. The van der Waals surface area contributed by atoms with E-state index in [1.165, 1.54) is 42.4 Å². The molecule has 2 atom stereocenters. The summed E-state index contributed by atoms with van der Waals surface area (Å²) in [4.78, 5) is 5.32. The Morgan fingerprint density at radius 3 is 2.57 bits per heavy atom. The van der Waals surface area contributed by atoms with Gasteiger partial charge in [0.25, 0.3) is 0 Å². The van der Waals surface area contributed by atoms with Gasteiger partial charge in [-0.1, -0.05) is 30.3 Å². The maximum atomic E-state index is 13.6. The van der Waals surface area contributed by atoms with Crippen LogP contribution in [0.4, 0.5) is 17.6 Å². The monoisotopic (exact) mass is 418 g/mol. The fraction of sp³-hybridized carbons (Fsp3) is 0.333. The van der Waals surface area contributed by atoms with Crippen molar-refractivity contribution in [1.82, 2.24) is 9.79 Å². The molecule has 3 rings (SSSR count). The molecule has 1 fully saturated rings. The Kier molecular flexibility index (Phi) is 5.76. The van der Waals surface area contributed by atoms with Crippen LogP contribution in [0.25, 0.3) is 0 Å². The van der Waals surface area contributed by atoms with E-state index in [4.69, 9.17) is 4.84 Å². The molecule has 1 heterocycles. The van der Waals surface area contributed by atoms with Crippen molar-refractivity contribution in [3.8, 4) is 0 Å². The van der Waals surface area contributed by atoms with Gasteiger partial charge in [0.15, 0.2) is 0 Å². The zero-order valence-corrected chi connectivity index (χ0v) is 15.6. The van der Waals surface area contributed by atoms with E-state index in [0.29, 0.717) is 5.56 Å². The Labute approximate surface area is 159 Å². The number of nitrogens with one attached hydrogen (secondary N) is 1. The number of halogens is 4. The summed E-state index contributed by atoms with van der Waals surface area (Å²) < 4.78 is 79.9. The molecule has 1 N–H and O–H groups in total. The topological polar surface area (TPSA) is 58.6 Å². The second kappa shape index (κ2) is 7.78. The van der Waals surface area contributed by atoms with Crippen LogP contribution in [0, 0.1) is 5.82 Å². The molecule has 0 spiro atoms. The first-order valence-corrected chi connectivity index (χ1v) is 9.88. The normalized spacial score (nSPS) is 21.2. The maximum absolute atomic E-state index is 13.6. The van der Waals surface area contributed by atoms with Crippen LogP contribution in [-0.2, 0) is 27.6 Å². The second-order valence-corrected chi connectivity index (χ2v) is 8.43. The summed E-state index contributed by atoms with van der Waals surface area (Å²) in [5.74, 6) is -0.508. The van der Waals surface area contributed by atoms with Crippen LogP contribution in [0.2, 0.25) is 0 Å². The highest BCUT2D eigenvalue weighted by atomic mass is 32.2. The zero-order valence-electron chi connectivity index (χ0n) is 14.8. The highest BCUT2D eigenvalue weighted by Gasteiger charge is 2.43. The van der Waals surface area contributed by atoms with Crippen molar-refractivity contribution in [2.45, 2.75) is 24.0 Å². The Morgan fingerprint density at radius 1 is 1.18 bits per heavy atom. The van der Waals surface area contributed by atoms with Crippen LogP contribution in [0.15, 0.2) is 48.5 Å². The van der Waals surface area contributed by atoms with Crippen LogP contribution in [0.5, 0.6) is 0 Å². The van der Waals surface area contributed by atoms with Gasteiger partial charge in [0.2, 0.25) is 10.0 Å². The molecule has 0 unspecified atom stereocenters. The minimum Gasteiger partial charge on any atom is -0.297 e. The van der Waals surface area contributed by atoms with E-state index in [2.05, 4.69) is 4.72 Å². The van der Waals surface area contributed by atoms with Crippen LogP contribution in [0.3, 0.4) is 0 Å². The van der Waals surface area contributed by atoms with Gasteiger partial charge >= 0.3 is 6.18 Å². The molecule has 2 aromatic rings. The van der Waals surface area contributed by atoms with Gasteiger partial charge in [0, 0.05) is 13.6 Å². The fourth-order valence-electron chi connectivity index (χ4n) is 3.12. The predicted octanol–water partition coefficient (Wildman–Crippen LogP) is 3.25. The first-order valence-electron chi connectivity index (χ1n) is 8.34. The Balaban J connectivity index is 1.79. The van der Waals surface area contributed by atoms with Gasteiger partial charge in [-0.15, -0.1) is 0 Å². The molecule has 1 aliphatic rings. The molecule has 0 aromatic heterocycles. The zero-order chi connectivity index (χ0) is 20.5. The van der Waals surface area contributed by atoms with Gasteiger partial charge in [-0.3, -0.25) is 4.84 Å². The van der Waals surface area contributed by atoms with Crippen LogP contribution >= 0.6 is 0 Å². The van der Waals surface area contributed by atoms with E-state index in [1.807, 2.05) is 0 Å². The first kappa shape index (κ1) is 20.7. The number of hydrogen-bond donors (Lipinski definition) is 1. The highest BCUT2D eigenvalue weighted by Crippen LogP contribution is 2.34. The molecule has 0 radical (unpaired) electrons. The van der Waals surface area contributed by atoms with Gasteiger partial charge in [-0.2, -0.15) is 18.2 Å². The average molecular weight is 418 g/mol. The lowest BCUT2D eigenvalue weighted by Crippen LogP contribution is -2.39. The van der Waals surface area contributed by atoms with Crippen LogP contribution in [0.1, 0.15) is 22.7 Å². The lowest BCUT2D eigenvalue weighted by atomic mass is 10.0. The van der Waals surface area contributed by atoms with Crippen molar-refractivity contribution >= 4 is 10.0 Å². The second-order valence-electron chi connectivity index (χ2n) is 6.44. The number of sulfonamides is 1. The third-order valence-corrected chi connectivity index (χ3v) is 6.24. The van der Waals surface area contributed by atoms with Crippen molar-refractivity contribution in [2.75, 3.05) is 13.7 Å². The lowest BCUT2D eigenvalue weighted by Gasteiger charge is -2.23. The van der Waals surface area contributed by atoms with Gasteiger partial charge in [-0.05, 0) is 29.3 Å². The van der Waals surface area contributed by atoms with Crippen LogP contribution in [-0.4, -0.2) is 32.4 Å². The van der Waals surface area contributed by atoms with Crippen molar-refractivity contribution in [2.24, 2.45) is 0 Å². The van der Waals surface area contributed by atoms with Gasteiger partial charge < -0.3 is 0 Å². The third kappa shape index (κ3) is 4.52. The molecule has 10 heteroatoms. The number of hydroxylamine groups is 2. The summed E-state index contributed by atoms with van der Waals surface area (Å²) in [6.45, 7) is -0.460. The molecule has 1 aliphatic heterocycles. The molecular weight excluding hydrogens is 400 g/mol. The summed E-state index contributed by atoms with van der Waals surface area (Å²) in [6.07, 6.45) is -4.51. The standard InChI is InChI=1S/C18H18F4N2O3S/c1-24-17(13-5-3-7-15(19)9-13)16(11-27-24)28(25,26)23-10-12-4-2-6-14(8-12)18(20,21)22/h2-9,16-17,23H,10-11H2,1H3/t16-,17+/m1/s1. The fourth-order valence-corrected chi connectivity index (χ4v) is 4.61. The summed E-state index contributed by atoms with van der Waals surface area (Å²) in [5.41, 5.74) is -0.256. The molecule has 1 saturated heterocycles. The molecule has 0 amide bonds. The maximum Gasteiger partial charge on any atom is 0.416 e. The molecule has 0 bridgehead atoms. The van der Waals surface area contributed by atoms with E-state index in [9.17, 15) is 26.0 Å². The third-order valence-electron chi connectivity index (χ3n) is 4.51. The van der Waals surface area contributed by atoms with E-state index in [-0.39, 0.29) is 18.7 Å². The predicted molar refractivity (Wildman–Crippen MR) is 93.8 cm³/mol. The van der Waals surface area contributed by atoms with Crippen LogP contribution < -0.4 is 4.72 Å².